The Morgan fingerprint density at radius 3 is 1.88 bits per heavy atom. The highest BCUT2D eigenvalue weighted by atomic mass is 16.6. The van der Waals surface area contributed by atoms with E-state index in [4.69, 9.17) is 14.2 Å². The summed E-state index contributed by atoms with van der Waals surface area (Å²) in [5, 5.41) is 5.95. The van der Waals surface area contributed by atoms with Crippen molar-refractivity contribution >= 4 is 11.8 Å². The van der Waals surface area contributed by atoms with E-state index < -0.39 is 6.10 Å². The van der Waals surface area contributed by atoms with Crippen molar-refractivity contribution in [3.63, 3.8) is 0 Å². The van der Waals surface area contributed by atoms with Gasteiger partial charge in [0.1, 0.15) is 18.3 Å². The molecule has 2 aliphatic rings. The van der Waals surface area contributed by atoms with E-state index in [1.54, 1.807) is 6.92 Å². The molecule has 2 heterocycles. The summed E-state index contributed by atoms with van der Waals surface area (Å²) >= 11 is 0. The van der Waals surface area contributed by atoms with Crippen LogP contribution in [-0.4, -0.2) is 87.6 Å². The third-order valence-electron chi connectivity index (χ3n) is 4.89. The molecule has 2 rings (SSSR count). The summed E-state index contributed by atoms with van der Waals surface area (Å²) in [6, 6.07) is -0.647. The van der Waals surface area contributed by atoms with Crippen LogP contribution in [0.25, 0.3) is 0 Å². The first-order valence-electron chi connectivity index (χ1n) is 8.79. The van der Waals surface area contributed by atoms with Crippen LogP contribution in [0.1, 0.15) is 20.8 Å². The van der Waals surface area contributed by atoms with E-state index >= 15 is 0 Å². The molecular weight excluding hydrogens is 326 g/mol. The molecule has 2 amide bonds. The van der Waals surface area contributed by atoms with Gasteiger partial charge in [-0.05, 0) is 26.9 Å². The van der Waals surface area contributed by atoms with Crippen LogP contribution < -0.4 is 10.6 Å². The molecule has 2 aliphatic heterocycles. The minimum Gasteiger partial charge on any atom is -0.372 e. The maximum absolute atomic E-state index is 12.6. The molecule has 0 aliphatic carbocycles. The number of rotatable bonds is 7. The van der Waals surface area contributed by atoms with Gasteiger partial charge < -0.3 is 24.8 Å². The van der Waals surface area contributed by atoms with Crippen molar-refractivity contribution in [3.8, 4) is 0 Å². The molecule has 0 radical (unpaired) electrons. The van der Waals surface area contributed by atoms with Crippen LogP contribution in [0, 0.1) is 5.92 Å². The van der Waals surface area contributed by atoms with Crippen LogP contribution in [0.2, 0.25) is 0 Å². The largest absolute Gasteiger partial charge is 0.372 e. The number of methoxy groups -OCH3 is 1. The summed E-state index contributed by atoms with van der Waals surface area (Å²) in [4.78, 5) is 26.5. The first-order chi connectivity index (χ1) is 11.8. The monoisotopic (exact) mass is 357 g/mol. The van der Waals surface area contributed by atoms with Crippen molar-refractivity contribution in [3.05, 3.63) is 0 Å². The number of hydrogen-bond donors (Lipinski definition) is 2. The van der Waals surface area contributed by atoms with Gasteiger partial charge in [-0.1, -0.05) is 13.8 Å². The number of hydrogen-bond acceptors (Lipinski definition) is 6. The molecule has 1 unspecified atom stereocenters. The van der Waals surface area contributed by atoms with Crippen LogP contribution in [0.4, 0.5) is 0 Å². The van der Waals surface area contributed by atoms with Gasteiger partial charge in [0.05, 0.1) is 31.3 Å². The second-order valence-electron chi connectivity index (χ2n) is 7.36. The minimum atomic E-state index is -0.525. The van der Waals surface area contributed by atoms with Crippen molar-refractivity contribution in [2.24, 2.45) is 5.92 Å². The smallest absolute Gasteiger partial charge is 0.249 e. The highest BCUT2D eigenvalue weighted by Gasteiger charge is 2.49. The molecule has 2 fully saturated rings. The minimum absolute atomic E-state index is 0.0293. The zero-order valence-corrected chi connectivity index (χ0v) is 15.9. The Kier molecular flexibility index (Phi) is 6.79. The third-order valence-corrected chi connectivity index (χ3v) is 4.89. The fourth-order valence-corrected chi connectivity index (χ4v) is 3.56. The average molecular weight is 357 g/mol. The lowest BCUT2D eigenvalue weighted by atomic mass is 10.0. The van der Waals surface area contributed by atoms with Crippen LogP contribution in [0.15, 0.2) is 0 Å². The molecule has 25 heavy (non-hydrogen) atoms. The number of carbonyl (C=O) groups excluding carboxylic acids is 2. The summed E-state index contributed by atoms with van der Waals surface area (Å²) in [7, 11) is 5.28. The first-order valence-corrected chi connectivity index (χ1v) is 8.79. The summed E-state index contributed by atoms with van der Waals surface area (Å²) in [5.74, 6) is -0.0289. The lowest BCUT2D eigenvalue weighted by Gasteiger charge is -2.28. The van der Waals surface area contributed by atoms with Crippen molar-refractivity contribution in [2.45, 2.75) is 57.2 Å². The molecule has 8 nitrogen and oxygen atoms in total. The van der Waals surface area contributed by atoms with Crippen LogP contribution >= 0.6 is 0 Å². The zero-order chi connectivity index (χ0) is 18.7. The van der Waals surface area contributed by atoms with Crippen molar-refractivity contribution in [1.82, 2.24) is 15.5 Å². The highest BCUT2D eigenvalue weighted by Crippen LogP contribution is 2.27. The standard InChI is InChI=1S/C17H31N3O5/c1-9(2)13(20(4)5)17(22)19-12-8-25-14-11(7-24-15(12)14)18-16(21)10(3)23-6/h9-15H,7-8H2,1-6H3,(H,18,21)(H,19,22)/t10?,11-,12-,13+,14+,15+/m0/s1. The normalized spacial score (nSPS) is 31.0. The molecular formula is C17H31N3O5. The molecule has 0 aromatic heterocycles. The predicted octanol–water partition coefficient (Wildman–Crippen LogP) is -0.625. The molecule has 0 bridgehead atoms. The number of likely N-dealkylation sites (N-methyl/N-ethyl adjacent to an activating group) is 1. The van der Waals surface area contributed by atoms with E-state index in [-0.39, 0.29) is 48.1 Å². The Bertz CT molecular complexity index is 477. The number of nitrogens with one attached hydrogen (secondary N) is 2. The fraction of sp³-hybridized carbons (Fsp3) is 0.882. The quantitative estimate of drug-likeness (QED) is 0.631. The van der Waals surface area contributed by atoms with E-state index in [9.17, 15) is 9.59 Å². The summed E-state index contributed by atoms with van der Waals surface area (Å²) in [6.45, 7) is 6.48. The maximum atomic E-state index is 12.6. The van der Waals surface area contributed by atoms with Gasteiger partial charge in [0.15, 0.2) is 0 Å². The SMILES string of the molecule is COC(C)C(=O)N[C@H]1CO[C@H]2[C@@H]1OC[C@@H]2NC(=O)[C@@H](C(C)C)N(C)C. The van der Waals surface area contributed by atoms with Gasteiger partial charge in [0.2, 0.25) is 11.8 Å². The second kappa shape index (κ2) is 8.44. The van der Waals surface area contributed by atoms with Gasteiger partial charge in [-0.25, -0.2) is 0 Å². The lowest BCUT2D eigenvalue weighted by Crippen LogP contribution is -2.53. The van der Waals surface area contributed by atoms with E-state index in [1.165, 1.54) is 7.11 Å². The van der Waals surface area contributed by atoms with Gasteiger partial charge in [-0.3, -0.25) is 14.5 Å². The highest BCUT2D eigenvalue weighted by molar-refractivity contribution is 5.82. The fourth-order valence-electron chi connectivity index (χ4n) is 3.56. The Balaban J connectivity index is 1.93. The lowest BCUT2D eigenvalue weighted by molar-refractivity contribution is -0.131. The van der Waals surface area contributed by atoms with Gasteiger partial charge in [-0.2, -0.15) is 0 Å². The topological polar surface area (TPSA) is 89.1 Å². The predicted molar refractivity (Wildman–Crippen MR) is 92.1 cm³/mol. The molecule has 0 spiro atoms. The molecule has 0 saturated carbocycles. The molecule has 0 aromatic carbocycles. The molecule has 2 N–H and O–H groups in total. The molecule has 144 valence electrons. The Labute approximate surface area is 149 Å². The molecule has 0 aromatic rings. The van der Waals surface area contributed by atoms with E-state index in [1.807, 2.05) is 32.8 Å². The molecule has 2 saturated heterocycles. The first kappa shape index (κ1) is 20.1. The van der Waals surface area contributed by atoms with Crippen LogP contribution in [0.3, 0.4) is 0 Å². The van der Waals surface area contributed by atoms with Crippen molar-refractivity contribution in [1.29, 1.82) is 0 Å². The summed E-state index contributed by atoms with van der Waals surface area (Å²) in [6.07, 6.45) is -1.03. The average Bonchev–Trinajstić information content (AvgIpc) is 3.09. The van der Waals surface area contributed by atoms with Gasteiger partial charge in [0, 0.05) is 7.11 Å². The number of carbonyl (C=O) groups is 2. The van der Waals surface area contributed by atoms with Gasteiger partial charge in [-0.15, -0.1) is 0 Å². The summed E-state index contributed by atoms with van der Waals surface area (Å²) in [5.41, 5.74) is 0. The third kappa shape index (κ3) is 4.49. The van der Waals surface area contributed by atoms with E-state index in [2.05, 4.69) is 10.6 Å². The maximum Gasteiger partial charge on any atom is 0.249 e. The van der Waals surface area contributed by atoms with Crippen LogP contribution in [0.5, 0.6) is 0 Å². The van der Waals surface area contributed by atoms with E-state index in [0.29, 0.717) is 13.2 Å². The number of ether oxygens (including phenoxy) is 3. The van der Waals surface area contributed by atoms with Crippen LogP contribution in [-0.2, 0) is 23.8 Å². The Morgan fingerprint density at radius 2 is 1.48 bits per heavy atom. The van der Waals surface area contributed by atoms with Gasteiger partial charge in [0.25, 0.3) is 0 Å². The Morgan fingerprint density at radius 1 is 1.00 bits per heavy atom. The van der Waals surface area contributed by atoms with Crippen molar-refractivity contribution < 1.29 is 23.8 Å². The Hall–Kier alpha value is -1.22. The van der Waals surface area contributed by atoms with Gasteiger partial charge >= 0.3 is 0 Å². The molecule has 8 heteroatoms. The number of amides is 2. The second-order valence-corrected chi connectivity index (χ2v) is 7.36. The molecule has 6 atom stereocenters. The number of nitrogens with zero attached hydrogens (tertiary/aromatic N) is 1. The van der Waals surface area contributed by atoms with E-state index in [0.717, 1.165) is 0 Å². The number of fused-ring (bicyclic) bond motifs is 1. The zero-order valence-electron chi connectivity index (χ0n) is 15.9. The van der Waals surface area contributed by atoms with Crippen molar-refractivity contribution in [2.75, 3.05) is 34.4 Å². The summed E-state index contributed by atoms with van der Waals surface area (Å²) < 4.78 is 16.6.